The van der Waals surface area contributed by atoms with Crippen LogP contribution in [0.5, 0.6) is 0 Å². The van der Waals surface area contributed by atoms with E-state index in [0.29, 0.717) is 24.9 Å². The Bertz CT molecular complexity index is 1040. The zero-order valence-electron chi connectivity index (χ0n) is 17.3. The van der Waals surface area contributed by atoms with Gasteiger partial charge in [-0.25, -0.2) is 4.39 Å². The molecule has 4 rings (SSSR count). The standard InChI is InChI=1S/C22H24FN5O2S/c1-16-7-8-18(23)19(13-16)24-21(29)15-31-22-26-25-20(14-27-9-11-30-12-10-27)28(22)17-5-3-2-4-6-17/h2-8,13H,9-12,14-15H2,1H3,(H,24,29). The summed E-state index contributed by atoms with van der Waals surface area (Å²) in [5, 5.41) is 12.0. The second-order valence-corrected chi connectivity index (χ2v) is 8.22. The zero-order valence-corrected chi connectivity index (χ0v) is 18.1. The molecule has 9 heteroatoms. The molecule has 1 amide bonds. The van der Waals surface area contributed by atoms with Crippen molar-refractivity contribution in [3.05, 3.63) is 65.7 Å². The summed E-state index contributed by atoms with van der Waals surface area (Å²) in [5.74, 6) is 0.146. The lowest BCUT2D eigenvalue weighted by Crippen LogP contribution is -2.36. The van der Waals surface area contributed by atoms with Crippen molar-refractivity contribution in [3.8, 4) is 5.69 Å². The van der Waals surface area contributed by atoms with Gasteiger partial charge in [0.15, 0.2) is 11.0 Å². The number of ether oxygens (including phenoxy) is 1. The van der Waals surface area contributed by atoms with Crippen LogP contribution in [0.3, 0.4) is 0 Å². The number of aromatic nitrogens is 3. The molecule has 31 heavy (non-hydrogen) atoms. The average molecular weight is 442 g/mol. The van der Waals surface area contributed by atoms with Gasteiger partial charge in [0, 0.05) is 18.8 Å². The summed E-state index contributed by atoms with van der Waals surface area (Å²) in [5.41, 5.74) is 1.99. The molecule has 7 nitrogen and oxygen atoms in total. The summed E-state index contributed by atoms with van der Waals surface area (Å²) in [6, 6.07) is 14.5. The van der Waals surface area contributed by atoms with Crippen molar-refractivity contribution in [2.45, 2.75) is 18.6 Å². The van der Waals surface area contributed by atoms with Crippen molar-refractivity contribution >= 4 is 23.4 Å². The maximum absolute atomic E-state index is 13.9. The summed E-state index contributed by atoms with van der Waals surface area (Å²) in [7, 11) is 0. The molecule has 1 fully saturated rings. The van der Waals surface area contributed by atoms with Gasteiger partial charge in [0.25, 0.3) is 0 Å². The molecule has 1 saturated heterocycles. The van der Waals surface area contributed by atoms with Gasteiger partial charge in [0.2, 0.25) is 5.91 Å². The predicted octanol–water partition coefficient (Wildman–Crippen LogP) is 3.28. The fourth-order valence-electron chi connectivity index (χ4n) is 3.34. The quantitative estimate of drug-likeness (QED) is 0.568. The van der Waals surface area contributed by atoms with Crippen LogP contribution in [-0.4, -0.2) is 57.6 Å². The number of halogens is 1. The number of carbonyl (C=O) groups excluding carboxylic acids is 1. The molecule has 1 aliphatic heterocycles. The van der Waals surface area contributed by atoms with Crippen LogP contribution in [0.25, 0.3) is 5.69 Å². The fourth-order valence-corrected chi connectivity index (χ4v) is 4.11. The number of thioether (sulfide) groups is 1. The molecule has 2 heterocycles. The van der Waals surface area contributed by atoms with Crippen LogP contribution in [0.4, 0.5) is 10.1 Å². The average Bonchev–Trinajstić information content (AvgIpc) is 3.18. The van der Waals surface area contributed by atoms with E-state index in [2.05, 4.69) is 20.4 Å². The van der Waals surface area contributed by atoms with E-state index in [4.69, 9.17) is 4.74 Å². The molecule has 1 aromatic heterocycles. The van der Waals surface area contributed by atoms with Crippen LogP contribution in [0.15, 0.2) is 53.7 Å². The summed E-state index contributed by atoms with van der Waals surface area (Å²) < 4.78 is 21.3. The molecule has 0 radical (unpaired) electrons. The Morgan fingerprint density at radius 2 is 1.94 bits per heavy atom. The van der Waals surface area contributed by atoms with E-state index in [1.165, 1.54) is 17.8 Å². The van der Waals surface area contributed by atoms with Crippen LogP contribution in [0.1, 0.15) is 11.4 Å². The number of nitrogens with zero attached hydrogens (tertiary/aromatic N) is 4. The third-order valence-corrected chi connectivity index (χ3v) is 5.84. The van der Waals surface area contributed by atoms with Crippen LogP contribution in [0.2, 0.25) is 0 Å². The van der Waals surface area contributed by atoms with Gasteiger partial charge in [0.05, 0.1) is 31.2 Å². The first-order chi connectivity index (χ1) is 15.1. The normalized spacial score (nSPS) is 14.5. The third-order valence-electron chi connectivity index (χ3n) is 4.91. The number of aryl methyl sites for hydroxylation is 1. The van der Waals surface area contributed by atoms with Crippen LogP contribution >= 0.6 is 11.8 Å². The van der Waals surface area contributed by atoms with Gasteiger partial charge < -0.3 is 10.1 Å². The fraction of sp³-hybridized carbons (Fsp3) is 0.318. The van der Waals surface area contributed by atoms with Gasteiger partial charge >= 0.3 is 0 Å². The minimum absolute atomic E-state index is 0.0932. The lowest BCUT2D eigenvalue weighted by atomic mass is 10.2. The van der Waals surface area contributed by atoms with Gasteiger partial charge in [0.1, 0.15) is 5.82 Å². The maximum Gasteiger partial charge on any atom is 0.234 e. The number of para-hydroxylation sites is 1. The third kappa shape index (κ3) is 5.49. The van der Waals surface area contributed by atoms with Crippen LogP contribution in [0, 0.1) is 12.7 Å². The van der Waals surface area contributed by atoms with Crippen molar-refractivity contribution in [2.75, 3.05) is 37.4 Å². The highest BCUT2D eigenvalue weighted by Gasteiger charge is 2.20. The zero-order chi connectivity index (χ0) is 21.6. The highest BCUT2D eigenvalue weighted by Crippen LogP contribution is 2.24. The monoisotopic (exact) mass is 441 g/mol. The summed E-state index contributed by atoms with van der Waals surface area (Å²) in [4.78, 5) is 14.7. The predicted molar refractivity (Wildman–Crippen MR) is 118 cm³/mol. The first-order valence-electron chi connectivity index (χ1n) is 10.1. The van der Waals surface area contributed by atoms with Gasteiger partial charge in [-0.15, -0.1) is 10.2 Å². The van der Waals surface area contributed by atoms with E-state index < -0.39 is 5.82 Å². The minimum atomic E-state index is -0.454. The minimum Gasteiger partial charge on any atom is -0.379 e. The molecule has 0 spiro atoms. The highest BCUT2D eigenvalue weighted by atomic mass is 32.2. The van der Waals surface area contributed by atoms with E-state index in [1.807, 2.05) is 41.8 Å². The number of anilines is 1. The number of morpholine rings is 1. The number of hydrogen-bond donors (Lipinski definition) is 1. The molecule has 0 unspecified atom stereocenters. The smallest absolute Gasteiger partial charge is 0.234 e. The van der Waals surface area contributed by atoms with Gasteiger partial charge in [-0.3, -0.25) is 14.3 Å². The van der Waals surface area contributed by atoms with Crippen molar-refractivity contribution < 1.29 is 13.9 Å². The lowest BCUT2D eigenvalue weighted by molar-refractivity contribution is -0.113. The molecule has 0 aliphatic carbocycles. The van der Waals surface area contributed by atoms with Crippen molar-refractivity contribution in [3.63, 3.8) is 0 Å². The SMILES string of the molecule is Cc1ccc(F)c(NC(=O)CSc2nnc(CN3CCOCC3)n2-c2ccccc2)c1. The van der Waals surface area contributed by atoms with Crippen molar-refractivity contribution in [2.24, 2.45) is 0 Å². The Labute approximate surface area is 184 Å². The Morgan fingerprint density at radius 3 is 2.71 bits per heavy atom. The number of amides is 1. The molecule has 2 aromatic carbocycles. The number of carbonyl (C=O) groups is 1. The number of rotatable bonds is 7. The molecule has 1 aliphatic rings. The molecular weight excluding hydrogens is 417 g/mol. The number of hydrogen-bond acceptors (Lipinski definition) is 6. The van der Waals surface area contributed by atoms with Gasteiger partial charge in [-0.1, -0.05) is 36.0 Å². The lowest BCUT2D eigenvalue weighted by Gasteiger charge is -2.26. The van der Waals surface area contributed by atoms with E-state index in [-0.39, 0.29) is 17.3 Å². The van der Waals surface area contributed by atoms with E-state index in [1.54, 1.807) is 12.1 Å². The summed E-state index contributed by atoms with van der Waals surface area (Å²) in [6.45, 7) is 5.59. The molecule has 3 aromatic rings. The molecule has 0 saturated carbocycles. The molecule has 0 atom stereocenters. The molecule has 0 bridgehead atoms. The maximum atomic E-state index is 13.9. The Hall–Kier alpha value is -2.75. The molecular formula is C22H24FN5O2S. The second kappa shape index (κ2) is 10.0. The number of nitrogens with one attached hydrogen (secondary N) is 1. The Kier molecular flexibility index (Phi) is 6.96. The van der Waals surface area contributed by atoms with E-state index >= 15 is 0 Å². The van der Waals surface area contributed by atoms with E-state index in [0.717, 1.165) is 30.2 Å². The highest BCUT2D eigenvalue weighted by molar-refractivity contribution is 7.99. The first-order valence-corrected chi connectivity index (χ1v) is 11.1. The van der Waals surface area contributed by atoms with Gasteiger partial charge in [-0.05, 0) is 36.8 Å². The largest absolute Gasteiger partial charge is 0.379 e. The van der Waals surface area contributed by atoms with Crippen LogP contribution < -0.4 is 5.32 Å². The summed E-state index contributed by atoms with van der Waals surface area (Å²) >= 11 is 1.27. The van der Waals surface area contributed by atoms with Crippen LogP contribution in [-0.2, 0) is 16.1 Å². The Balaban J connectivity index is 1.49. The van der Waals surface area contributed by atoms with Crippen molar-refractivity contribution in [1.82, 2.24) is 19.7 Å². The Morgan fingerprint density at radius 1 is 1.16 bits per heavy atom. The van der Waals surface area contributed by atoms with Gasteiger partial charge in [-0.2, -0.15) is 0 Å². The topological polar surface area (TPSA) is 72.3 Å². The molecule has 162 valence electrons. The van der Waals surface area contributed by atoms with E-state index in [9.17, 15) is 9.18 Å². The van der Waals surface area contributed by atoms with Crippen molar-refractivity contribution in [1.29, 1.82) is 0 Å². The second-order valence-electron chi connectivity index (χ2n) is 7.28. The molecule has 1 N–H and O–H groups in total. The first kappa shape index (κ1) is 21.5. The number of benzene rings is 2. The summed E-state index contributed by atoms with van der Waals surface area (Å²) in [6.07, 6.45) is 0.